The number of nitrogens with one attached hydrogen (secondary N) is 1. The average molecular weight is 467 g/mol. The average Bonchev–Trinajstić information content (AvgIpc) is 2.73. The van der Waals surface area contributed by atoms with Gasteiger partial charge in [-0.1, -0.05) is 29.8 Å². The van der Waals surface area contributed by atoms with Crippen LogP contribution in [0.2, 0.25) is 5.02 Å². The van der Waals surface area contributed by atoms with Gasteiger partial charge in [-0.2, -0.15) is 0 Å². The normalized spacial score (nSPS) is 11.8. The smallest absolute Gasteiger partial charge is 0.242 e. The molecular formula is C23H28ClFN2O3S. The fourth-order valence-corrected chi connectivity index (χ4v) is 4.16. The largest absolute Gasteiger partial charge is 0.497 e. The molecule has 5 nitrogen and oxygen atoms in total. The van der Waals surface area contributed by atoms with E-state index >= 15 is 0 Å². The van der Waals surface area contributed by atoms with Crippen LogP contribution >= 0.6 is 23.4 Å². The number of hydrogen-bond acceptors (Lipinski definition) is 4. The van der Waals surface area contributed by atoms with Crippen molar-refractivity contribution in [3.05, 3.63) is 64.4 Å². The van der Waals surface area contributed by atoms with Gasteiger partial charge in [0.25, 0.3) is 0 Å². The van der Waals surface area contributed by atoms with Gasteiger partial charge in [0.15, 0.2) is 0 Å². The highest BCUT2D eigenvalue weighted by Gasteiger charge is 2.26. The topological polar surface area (TPSA) is 58.6 Å². The van der Waals surface area contributed by atoms with E-state index in [0.29, 0.717) is 16.3 Å². The highest BCUT2D eigenvalue weighted by molar-refractivity contribution is 7.99. The standard InChI is InChI=1S/C23H28ClFN2O3S/c1-15(2)26-23(29)16(3)27(12-17-8-10-18(30-4)11-9-17)22(28)14-31-13-19-20(24)6-5-7-21(19)25/h5-11,15-16H,12-14H2,1-4H3,(H,26,29)/t16-/m1/s1. The molecule has 0 aliphatic rings. The Morgan fingerprint density at radius 1 is 1.16 bits per heavy atom. The second-order valence-electron chi connectivity index (χ2n) is 7.40. The van der Waals surface area contributed by atoms with E-state index in [4.69, 9.17) is 16.3 Å². The molecule has 1 atom stereocenters. The molecule has 0 aliphatic heterocycles. The molecule has 0 aliphatic carbocycles. The maximum absolute atomic E-state index is 14.0. The van der Waals surface area contributed by atoms with E-state index < -0.39 is 11.9 Å². The molecule has 8 heteroatoms. The van der Waals surface area contributed by atoms with Gasteiger partial charge in [0.2, 0.25) is 11.8 Å². The Labute approximate surface area is 192 Å². The highest BCUT2D eigenvalue weighted by atomic mass is 35.5. The molecule has 2 aromatic carbocycles. The Bertz CT molecular complexity index is 873. The number of carbonyl (C=O) groups excluding carboxylic acids is 2. The minimum atomic E-state index is -0.658. The van der Waals surface area contributed by atoms with Crippen molar-refractivity contribution in [3.63, 3.8) is 0 Å². The van der Waals surface area contributed by atoms with Gasteiger partial charge in [0.1, 0.15) is 17.6 Å². The number of nitrogens with zero attached hydrogens (tertiary/aromatic N) is 1. The first-order chi connectivity index (χ1) is 14.7. The molecule has 0 unspecified atom stereocenters. The van der Waals surface area contributed by atoms with Gasteiger partial charge in [-0.15, -0.1) is 11.8 Å². The first-order valence-corrected chi connectivity index (χ1v) is 11.5. The van der Waals surface area contributed by atoms with Crippen LogP contribution in [0.4, 0.5) is 4.39 Å². The third-order valence-corrected chi connectivity index (χ3v) is 5.94. The van der Waals surface area contributed by atoms with Crippen LogP contribution in [0.1, 0.15) is 31.9 Å². The summed E-state index contributed by atoms with van der Waals surface area (Å²) in [7, 11) is 1.59. The van der Waals surface area contributed by atoms with Gasteiger partial charge in [0.05, 0.1) is 12.9 Å². The van der Waals surface area contributed by atoms with Gasteiger partial charge in [-0.3, -0.25) is 9.59 Å². The lowest BCUT2D eigenvalue weighted by molar-refractivity contribution is -0.138. The second-order valence-corrected chi connectivity index (χ2v) is 8.79. The Hall–Kier alpha value is -2.25. The van der Waals surface area contributed by atoms with Crippen LogP contribution in [0.25, 0.3) is 0 Å². The molecule has 168 valence electrons. The van der Waals surface area contributed by atoms with Crippen LogP contribution in [0.5, 0.6) is 5.75 Å². The summed E-state index contributed by atoms with van der Waals surface area (Å²) in [5.41, 5.74) is 1.25. The monoisotopic (exact) mass is 466 g/mol. The Morgan fingerprint density at radius 2 is 1.84 bits per heavy atom. The summed E-state index contributed by atoms with van der Waals surface area (Å²) in [6.07, 6.45) is 0. The molecule has 2 aromatic rings. The predicted molar refractivity (Wildman–Crippen MR) is 124 cm³/mol. The fraction of sp³-hybridized carbons (Fsp3) is 0.391. The highest BCUT2D eigenvalue weighted by Crippen LogP contribution is 2.24. The molecule has 0 bridgehead atoms. The van der Waals surface area contributed by atoms with Crippen molar-refractivity contribution in [1.29, 1.82) is 0 Å². The van der Waals surface area contributed by atoms with Crippen molar-refractivity contribution in [2.45, 2.75) is 45.2 Å². The van der Waals surface area contributed by atoms with E-state index in [1.54, 1.807) is 26.2 Å². The fourth-order valence-electron chi connectivity index (χ4n) is 2.91. The molecular weight excluding hydrogens is 439 g/mol. The number of benzene rings is 2. The van der Waals surface area contributed by atoms with Crippen molar-refractivity contribution in [2.75, 3.05) is 12.9 Å². The number of methoxy groups -OCH3 is 1. The van der Waals surface area contributed by atoms with Crippen LogP contribution in [0.15, 0.2) is 42.5 Å². The summed E-state index contributed by atoms with van der Waals surface area (Å²) >= 11 is 7.33. The molecule has 31 heavy (non-hydrogen) atoms. The summed E-state index contributed by atoms with van der Waals surface area (Å²) in [6, 6.07) is 11.2. The van der Waals surface area contributed by atoms with Crippen LogP contribution in [0.3, 0.4) is 0 Å². The summed E-state index contributed by atoms with van der Waals surface area (Å²) < 4.78 is 19.2. The Balaban J connectivity index is 2.11. The molecule has 2 rings (SSSR count). The Kier molecular flexibility index (Phi) is 9.65. The molecule has 0 radical (unpaired) electrons. The first-order valence-electron chi connectivity index (χ1n) is 9.96. The number of halogens is 2. The number of amides is 2. The van der Waals surface area contributed by atoms with Gasteiger partial charge >= 0.3 is 0 Å². The maximum Gasteiger partial charge on any atom is 0.242 e. The SMILES string of the molecule is COc1ccc(CN(C(=O)CSCc2c(F)cccc2Cl)[C@H](C)C(=O)NC(C)C)cc1. The maximum atomic E-state index is 14.0. The van der Waals surface area contributed by atoms with Crippen LogP contribution in [-0.4, -0.2) is 41.7 Å². The molecule has 0 aromatic heterocycles. The first kappa shape index (κ1) is 25.0. The number of hydrogen-bond donors (Lipinski definition) is 1. The minimum absolute atomic E-state index is 0.0366. The summed E-state index contributed by atoms with van der Waals surface area (Å²) in [4.78, 5) is 27.1. The van der Waals surface area contributed by atoms with Crippen LogP contribution < -0.4 is 10.1 Å². The molecule has 0 fully saturated rings. The quantitative estimate of drug-likeness (QED) is 0.553. The molecule has 1 N–H and O–H groups in total. The van der Waals surface area contributed by atoms with Gasteiger partial charge in [-0.05, 0) is 50.6 Å². The number of rotatable bonds is 10. The second kappa shape index (κ2) is 12.0. The number of carbonyl (C=O) groups is 2. The number of thioether (sulfide) groups is 1. The van der Waals surface area contributed by atoms with E-state index in [2.05, 4.69) is 5.32 Å². The lowest BCUT2D eigenvalue weighted by Crippen LogP contribution is -2.49. The van der Waals surface area contributed by atoms with E-state index in [1.807, 2.05) is 38.1 Å². The minimum Gasteiger partial charge on any atom is -0.497 e. The molecule has 0 spiro atoms. The van der Waals surface area contributed by atoms with Crippen molar-refractivity contribution in [3.8, 4) is 5.75 Å². The molecule has 0 saturated heterocycles. The van der Waals surface area contributed by atoms with E-state index in [9.17, 15) is 14.0 Å². The van der Waals surface area contributed by atoms with Crippen molar-refractivity contribution >= 4 is 35.2 Å². The van der Waals surface area contributed by atoms with Crippen molar-refractivity contribution in [2.24, 2.45) is 0 Å². The van der Waals surface area contributed by atoms with E-state index in [-0.39, 0.29) is 35.9 Å². The predicted octanol–water partition coefficient (Wildman–Crippen LogP) is 4.66. The zero-order chi connectivity index (χ0) is 23.0. The lowest BCUT2D eigenvalue weighted by Gasteiger charge is -2.29. The third kappa shape index (κ3) is 7.43. The number of ether oxygens (including phenoxy) is 1. The van der Waals surface area contributed by atoms with Crippen molar-refractivity contribution in [1.82, 2.24) is 10.2 Å². The zero-order valence-electron chi connectivity index (χ0n) is 18.2. The lowest BCUT2D eigenvalue weighted by atomic mass is 10.1. The molecule has 0 saturated carbocycles. The summed E-state index contributed by atoms with van der Waals surface area (Å²) in [5, 5.41) is 3.19. The van der Waals surface area contributed by atoms with Crippen LogP contribution in [0, 0.1) is 5.82 Å². The molecule has 0 heterocycles. The Morgan fingerprint density at radius 3 is 2.42 bits per heavy atom. The van der Waals surface area contributed by atoms with E-state index in [1.165, 1.54) is 22.7 Å². The summed E-state index contributed by atoms with van der Waals surface area (Å²) in [5.74, 6) is 0.246. The van der Waals surface area contributed by atoms with Gasteiger partial charge in [-0.25, -0.2) is 4.39 Å². The van der Waals surface area contributed by atoms with Crippen LogP contribution in [-0.2, 0) is 21.9 Å². The molecule has 2 amide bonds. The summed E-state index contributed by atoms with van der Waals surface area (Å²) in [6.45, 7) is 5.72. The third-order valence-electron chi connectivity index (χ3n) is 4.64. The van der Waals surface area contributed by atoms with Gasteiger partial charge in [0, 0.05) is 28.9 Å². The van der Waals surface area contributed by atoms with E-state index in [0.717, 1.165) is 5.56 Å². The zero-order valence-corrected chi connectivity index (χ0v) is 19.7. The van der Waals surface area contributed by atoms with Gasteiger partial charge < -0.3 is 15.0 Å². The van der Waals surface area contributed by atoms with Crippen molar-refractivity contribution < 1.29 is 18.7 Å².